The molecule has 3 heteroatoms. The second kappa shape index (κ2) is 5.92. The minimum atomic E-state index is 0.0134. The molecule has 1 aromatic rings. The summed E-state index contributed by atoms with van der Waals surface area (Å²) in [4.78, 5) is 0. The van der Waals surface area contributed by atoms with Crippen LogP contribution < -0.4 is 14.8 Å². The quantitative estimate of drug-likeness (QED) is 0.825. The number of nitrogens with one attached hydrogen (secondary N) is 1. The van der Waals surface area contributed by atoms with E-state index >= 15 is 0 Å². The van der Waals surface area contributed by atoms with Crippen LogP contribution in [0.2, 0.25) is 0 Å². The van der Waals surface area contributed by atoms with Gasteiger partial charge in [0.05, 0.1) is 14.2 Å². The second-order valence-corrected chi connectivity index (χ2v) is 4.11. The maximum absolute atomic E-state index is 5.35. The number of ether oxygens (including phenoxy) is 2. The van der Waals surface area contributed by atoms with E-state index in [9.17, 15) is 0 Å². The highest BCUT2D eigenvalue weighted by Crippen LogP contribution is 2.35. The topological polar surface area (TPSA) is 30.5 Å². The summed E-state index contributed by atoms with van der Waals surface area (Å²) in [5.41, 5.74) is 1.25. The van der Waals surface area contributed by atoms with Crippen molar-refractivity contribution in [3.05, 3.63) is 23.8 Å². The van der Waals surface area contributed by atoms with E-state index in [2.05, 4.69) is 31.3 Å². The molecule has 0 amide bonds. The first-order chi connectivity index (χ1) is 8.17. The SMILES string of the molecule is CCC(CC)(NC)c1ccc(OC)c(OC)c1. The summed E-state index contributed by atoms with van der Waals surface area (Å²) in [7, 11) is 5.33. The van der Waals surface area contributed by atoms with E-state index in [1.165, 1.54) is 5.56 Å². The van der Waals surface area contributed by atoms with Gasteiger partial charge in [0, 0.05) is 5.54 Å². The Bertz CT molecular complexity index is 351. The molecule has 96 valence electrons. The summed E-state index contributed by atoms with van der Waals surface area (Å²) in [5, 5.41) is 3.42. The van der Waals surface area contributed by atoms with Gasteiger partial charge in [0.1, 0.15) is 0 Å². The highest BCUT2D eigenvalue weighted by molar-refractivity contribution is 5.45. The van der Waals surface area contributed by atoms with Crippen molar-refractivity contribution >= 4 is 0 Å². The van der Waals surface area contributed by atoms with Gasteiger partial charge in [-0.05, 0) is 37.6 Å². The summed E-state index contributed by atoms with van der Waals surface area (Å²) in [6.45, 7) is 4.38. The van der Waals surface area contributed by atoms with Crippen LogP contribution in [0.25, 0.3) is 0 Å². The molecule has 3 nitrogen and oxygen atoms in total. The Balaban J connectivity index is 3.22. The van der Waals surface area contributed by atoms with Gasteiger partial charge in [-0.3, -0.25) is 0 Å². The van der Waals surface area contributed by atoms with E-state index in [4.69, 9.17) is 9.47 Å². The Labute approximate surface area is 104 Å². The number of hydrogen-bond donors (Lipinski definition) is 1. The summed E-state index contributed by atoms with van der Waals surface area (Å²) < 4.78 is 10.6. The van der Waals surface area contributed by atoms with Crippen LogP contribution in [-0.4, -0.2) is 21.3 Å². The molecule has 0 aliphatic rings. The fourth-order valence-electron chi connectivity index (χ4n) is 2.29. The van der Waals surface area contributed by atoms with Gasteiger partial charge >= 0.3 is 0 Å². The summed E-state index contributed by atoms with van der Waals surface area (Å²) in [6.07, 6.45) is 2.07. The maximum Gasteiger partial charge on any atom is 0.161 e. The molecule has 1 aromatic carbocycles. The Kier molecular flexibility index (Phi) is 4.82. The highest BCUT2D eigenvalue weighted by Gasteiger charge is 2.27. The van der Waals surface area contributed by atoms with Gasteiger partial charge < -0.3 is 14.8 Å². The first-order valence-electron chi connectivity index (χ1n) is 6.08. The first-order valence-corrected chi connectivity index (χ1v) is 6.08. The van der Waals surface area contributed by atoms with Crippen molar-refractivity contribution in [3.63, 3.8) is 0 Å². The van der Waals surface area contributed by atoms with E-state index < -0.39 is 0 Å². The predicted molar refractivity (Wildman–Crippen MR) is 70.9 cm³/mol. The molecular formula is C14H23NO2. The van der Waals surface area contributed by atoms with E-state index in [0.29, 0.717) is 0 Å². The van der Waals surface area contributed by atoms with Gasteiger partial charge in [-0.1, -0.05) is 19.9 Å². The molecular weight excluding hydrogens is 214 g/mol. The molecule has 0 saturated heterocycles. The number of hydrogen-bond acceptors (Lipinski definition) is 3. The average molecular weight is 237 g/mol. The van der Waals surface area contributed by atoms with Crippen LogP contribution in [0, 0.1) is 0 Å². The molecule has 0 unspecified atom stereocenters. The van der Waals surface area contributed by atoms with Crippen LogP contribution in [0.15, 0.2) is 18.2 Å². The zero-order valence-corrected chi connectivity index (χ0v) is 11.5. The standard InChI is InChI=1S/C14H23NO2/c1-6-14(7-2,15-3)11-8-9-12(16-4)13(10-11)17-5/h8-10,15H,6-7H2,1-5H3. The molecule has 1 rings (SSSR count). The van der Waals surface area contributed by atoms with Crippen molar-refractivity contribution in [2.45, 2.75) is 32.2 Å². The largest absolute Gasteiger partial charge is 0.493 e. The first kappa shape index (κ1) is 13.8. The van der Waals surface area contributed by atoms with E-state index in [-0.39, 0.29) is 5.54 Å². The molecule has 17 heavy (non-hydrogen) atoms. The molecule has 0 spiro atoms. The zero-order valence-electron chi connectivity index (χ0n) is 11.5. The molecule has 0 radical (unpaired) electrons. The smallest absolute Gasteiger partial charge is 0.161 e. The van der Waals surface area contributed by atoms with Gasteiger partial charge in [-0.2, -0.15) is 0 Å². The van der Waals surface area contributed by atoms with Crippen LogP contribution >= 0.6 is 0 Å². The van der Waals surface area contributed by atoms with Gasteiger partial charge in [-0.15, -0.1) is 0 Å². The lowest BCUT2D eigenvalue weighted by molar-refractivity contribution is 0.326. The highest BCUT2D eigenvalue weighted by atomic mass is 16.5. The van der Waals surface area contributed by atoms with Gasteiger partial charge in [-0.25, -0.2) is 0 Å². The number of methoxy groups -OCH3 is 2. The lowest BCUT2D eigenvalue weighted by Crippen LogP contribution is -2.38. The van der Waals surface area contributed by atoms with Crippen LogP contribution in [0.5, 0.6) is 11.5 Å². The molecule has 1 N–H and O–H groups in total. The minimum absolute atomic E-state index is 0.0134. The Hall–Kier alpha value is -1.22. The van der Waals surface area contributed by atoms with Crippen molar-refractivity contribution in [1.29, 1.82) is 0 Å². The van der Waals surface area contributed by atoms with Gasteiger partial charge in [0.2, 0.25) is 0 Å². The van der Waals surface area contributed by atoms with Gasteiger partial charge in [0.25, 0.3) is 0 Å². The second-order valence-electron chi connectivity index (χ2n) is 4.11. The maximum atomic E-state index is 5.35. The molecule has 0 saturated carbocycles. The molecule has 0 fully saturated rings. The average Bonchev–Trinajstić information content (AvgIpc) is 2.41. The van der Waals surface area contributed by atoms with E-state index in [0.717, 1.165) is 24.3 Å². The fraction of sp³-hybridized carbons (Fsp3) is 0.571. The summed E-state index contributed by atoms with van der Waals surface area (Å²) >= 11 is 0. The predicted octanol–water partition coefficient (Wildman–Crippen LogP) is 2.94. The lowest BCUT2D eigenvalue weighted by atomic mass is 9.85. The molecule has 0 aliphatic heterocycles. The van der Waals surface area contributed by atoms with E-state index in [1.54, 1.807) is 14.2 Å². The van der Waals surface area contributed by atoms with Crippen molar-refractivity contribution < 1.29 is 9.47 Å². The van der Waals surface area contributed by atoms with Crippen molar-refractivity contribution in [2.75, 3.05) is 21.3 Å². The number of benzene rings is 1. The Morgan fingerprint density at radius 1 is 1.06 bits per heavy atom. The normalized spacial score (nSPS) is 11.4. The van der Waals surface area contributed by atoms with Crippen molar-refractivity contribution in [2.24, 2.45) is 0 Å². The lowest BCUT2D eigenvalue weighted by Gasteiger charge is -2.32. The molecule has 0 heterocycles. The summed E-state index contributed by atoms with van der Waals surface area (Å²) in [6, 6.07) is 6.12. The summed E-state index contributed by atoms with van der Waals surface area (Å²) in [5.74, 6) is 1.56. The minimum Gasteiger partial charge on any atom is -0.493 e. The third kappa shape index (κ3) is 2.55. The molecule has 0 atom stereocenters. The molecule has 0 aliphatic carbocycles. The Morgan fingerprint density at radius 2 is 1.65 bits per heavy atom. The Morgan fingerprint density at radius 3 is 2.06 bits per heavy atom. The zero-order chi connectivity index (χ0) is 12.9. The fourth-order valence-corrected chi connectivity index (χ4v) is 2.29. The number of rotatable bonds is 6. The molecule has 0 bridgehead atoms. The van der Waals surface area contributed by atoms with Crippen LogP contribution in [-0.2, 0) is 5.54 Å². The third-order valence-corrected chi connectivity index (χ3v) is 3.62. The van der Waals surface area contributed by atoms with Crippen molar-refractivity contribution in [1.82, 2.24) is 5.32 Å². The van der Waals surface area contributed by atoms with Crippen LogP contribution in [0.4, 0.5) is 0 Å². The van der Waals surface area contributed by atoms with E-state index in [1.807, 2.05) is 13.1 Å². The monoisotopic (exact) mass is 237 g/mol. The van der Waals surface area contributed by atoms with Crippen molar-refractivity contribution in [3.8, 4) is 11.5 Å². The van der Waals surface area contributed by atoms with Gasteiger partial charge in [0.15, 0.2) is 11.5 Å². The third-order valence-electron chi connectivity index (χ3n) is 3.62. The van der Waals surface area contributed by atoms with Crippen LogP contribution in [0.3, 0.4) is 0 Å². The van der Waals surface area contributed by atoms with Crippen LogP contribution in [0.1, 0.15) is 32.3 Å². The molecule has 0 aromatic heterocycles.